The fourth-order valence-corrected chi connectivity index (χ4v) is 0. The van der Waals surface area contributed by atoms with Gasteiger partial charge in [0.2, 0.25) is 0 Å². The van der Waals surface area contributed by atoms with Crippen molar-refractivity contribution in [1.29, 1.82) is 0 Å². The predicted octanol–water partition coefficient (Wildman–Crippen LogP) is 1.35. The Morgan fingerprint density at radius 2 is 0.500 bits per heavy atom. The maximum absolute atomic E-state index is 0. The summed E-state index contributed by atoms with van der Waals surface area (Å²) in [7, 11) is 0. The first kappa shape index (κ1) is 156. The fourth-order valence-electron chi connectivity index (χ4n) is 0. The maximum atomic E-state index is 0. The Morgan fingerprint density at radius 1 is 0.500 bits per heavy atom. The molecule has 0 aliphatic rings. The van der Waals surface area contributed by atoms with Crippen molar-refractivity contribution in [2.24, 2.45) is 0 Å². The van der Waals surface area contributed by atoms with Crippen molar-refractivity contribution in [1.82, 2.24) is 0 Å². The van der Waals surface area contributed by atoms with E-state index in [1.807, 2.05) is 0 Å². The smallest absolute Gasteiger partial charge is 0.358 e. The van der Waals surface area contributed by atoms with Crippen LogP contribution in [0.4, 0.5) is 0 Å². The van der Waals surface area contributed by atoms with Crippen molar-refractivity contribution >= 4 is 0 Å². The molecule has 0 radical (unpaired) electrons. The molecule has 0 aromatic heterocycles. The van der Waals surface area contributed by atoms with Crippen LogP contribution in [-0.2, 0) is 19.5 Å². The first-order valence-corrected chi connectivity index (χ1v) is 0. The maximum Gasteiger partial charge on any atom is 2.00 e. The van der Waals surface area contributed by atoms with E-state index < -0.39 is 0 Å². The Bertz CT molecular complexity index is 3.25. The minimum atomic E-state index is 0. The first-order chi connectivity index (χ1) is 0. The summed E-state index contributed by atoms with van der Waals surface area (Å²) >= 11 is 0. The van der Waals surface area contributed by atoms with Crippen LogP contribution in [0.1, 0.15) is 0 Å². The van der Waals surface area contributed by atoms with Gasteiger partial charge < -0.3 is 22.3 Å². The third-order valence-electron chi connectivity index (χ3n) is 0. The van der Waals surface area contributed by atoms with E-state index in [9.17, 15) is 0 Å². The standard InChI is InChI=1S/3CH3.Zn/h3*1H3;/q3*-1;+2. The van der Waals surface area contributed by atoms with Crippen molar-refractivity contribution in [2.75, 3.05) is 0 Å². The average molecular weight is 110 g/mol. The summed E-state index contributed by atoms with van der Waals surface area (Å²) in [5.74, 6) is 0. The molecule has 0 bridgehead atoms. The molecular weight excluding hydrogens is 101 g/mol. The van der Waals surface area contributed by atoms with E-state index in [4.69, 9.17) is 0 Å². The first-order valence-electron chi connectivity index (χ1n) is 0. The Labute approximate surface area is 42.4 Å². The van der Waals surface area contributed by atoms with Crippen molar-refractivity contribution in [2.45, 2.75) is 0 Å². The zero-order valence-electron chi connectivity index (χ0n) is 3.71. The third-order valence-corrected chi connectivity index (χ3v) is 0. The van der Waals surface area contributed by atoms with Gasteiger partial charge in [0, 0.05) is 0 Å². The summed E-state index contributed by atoms with van der Waals surface area (Å²) < 4.78 is 0. The van der Waals surface area contributed by atoms with Crippen LogP contribution >= 0.6 is 0 Å². The van der Waals surface area contributed by atoms with Gasteiger partial charge in [0.1, 0.15) is 0 Å². The van der Waals surface area contributed by atoms with Gasteiger partial charge in [-0.3, -0.25) is 0 Å². The van der Waals surface area contributed by atoms with Crippen LogP contribution in [0.25, 0.3) is 0 Å². The van der Waals surface area contributed by atoms with Gasteiger partial charge in [-0.2, -0.15) is 0 Å². The van der Waals surface area contributed by atoms with E-state index in [0.29, 0.717) is 0 Å². The molecule has 0 aliphatic carbocycles. The summed E-state index contributed by atoms with van der Waals surface area (Å²) in [5, 5.41) is 0. The van der Waals surface area contributed by atoms with Crippen LogP contribution in [0.3, 0.4) is 0 Å². The summed E-state index contributed by atoms with van der Waals surface area (Å²) in [6.45, 7) is 0. The molecular formula is C3H9Zn-. The zero-order valence-corrected chi connectivity index (χ0v) is 6.67. The average Bonchev–Trinajstić information content (AvgIpc) is 0. The second-order valence-electron chi connectivity index (χ2n) is 0. The summed E-state index contributed by atoms with van der Waals surface area (Å²) in [6, 6.07) is 0. The largest absolute Gasteiger partial charge is 2.00 e. The molecule has 0 atom stereocenters. The van der Waals surface area contributed by atoms with E-state index in [2.05, 4.69) is 0 Å². The van der Waals surface area contributed by atoms with E-state index in [1.165, 1.54) is 0 Å². The van der Waals surface area contributed by atoms with Gasteiger partial charge >= 0.3 is 19.5 Å². The van der Waals surface area contributed by atoms with Gasteiger partial charge in [-0.1, -0.05) is 0 Å². The molecule has 0 nitrogen and oxygen atoms in total. The summed E-state index contributed by atoms with van der Waals surface area (Å²) in [4.78, 5) is 0. The Morgan fingerprint density at radius 3 is 0.500 bits per heavy atom. The van der Waals surface area contributed by atoms with E-state index in [1.54, 1.807) is 0 Å². The van der Waals surface area contributed by atoms with Crippen LogP contribution < -0.4 is 0 Å². The van der Waals surface area contributed by atoms with Gasteiger partial charge in [0.25, 0.3) is 0 Å². The SMILES string of the molecule is [CH3-].[CH3-].[CH3-].[Zn+2]. The second kappa shape index (κ2) is 64.2. The molecule has 0 spiro atoms. The number of hydrogen-bond donors (Lipinski definition) is 0. The molecule has 0 rings (SSSR count). The molecule has 0 saturated carbocycles. The van der Waals surface area contributed by atoms with Gasteiger partial charge in [0.05, 0.1) is 0 Å². The molecule has 0 fully saturated rings. The summed E-state index contributed by atoms with van der Waals surface area (Å²) in [6.07, 6.45) is 0. The Hall–Kier alpha value is 0.623. The minimum Gasteiger partial charge on any atom is -0.358 e. The van der Waals surface area contributed by atoms with Crippen molar-refractivity contribution < 1.29 is 19.5 Å². The second-order valence-corrected chi connectivity index (χ2v) is 0. The molecule has 0 saturated heterocycles. The normalized spacial score (nSPS) is 0. The van der Waals surface area contributed by atoms with Crippen LogP contribution in [0, 0.1) is 22.3 Å². The Balaban J connectivity index is 0. The minimum absolute atomic E-state index is 0. The third kappa shape index (κ3) is 17.8. The van der Waals surface area contributed by atoms with Gasteiger partial charge in [0.15, 0.2) is 0 Å². The van der Waals surface area contributed by atoms with Crippen LogP contribution in [0.2, 0.25) is 0 Å². The van der Waals surface area contributed by atoms with Crippen LogP contribution in [-0.4, -0.2) is 0 Å². The predicted molar refractivity (Wildman–Crippen MR) is 19.2 cm³/mol. The monoisotopic (exact) mass is 109 g/mol. The molecule has 0 aromatic rings. The van der Waals surface area contributed by atoms with Crippen molar-refractivity contribution in [3.05, 3.63) is 22.3 Å². The van der Waals surface area contributed by atoms with E-state index >= 15 is 0 Å². The summed E-state index contributed by atoms with van der Waals surface area (Å²) in [5.41, 5.74) is 0. The molecule has 24 valence electrons. The van der Waals surface area contributed by atoms with Crippen molar-refractivity contribution in [3.8, 4) is 0 Å². The molecule has 0 amide bonds. The van der Waals surface area contributed by atoms with E-state index in [0.717, 1.165) is 0 Å². The topological polar surface area (TPSA) is 0 Å². The molecule has 0 heterocycles. The number of hydrogen-bond acceptors (Lipinski definition) is 0. The fraction of sp³-hybridized carbons (Fsp3) is 0. The Kier molecular flexibility index (Phi) is 2510. The number of rotatable bonds is 0. The zero-order chi connectivity index (χ0) is 0. The van der Waals surface area contributed by atoms with Crippen LogP contribution in [0.15, 0.2) is 0 Å². The molecule has 0 aromatic carbocycles. The molecule has 0 unspecified atom stereocenters. The molecule has 1 heteroatoms. The molecule has 0 aliphatic heterocycles. The molecule has 0 N–H and O–H groups in total. The van der Waals surface area contributed by atoms with Gasteiger partial charge in [-0.15, -0.1) is 0 Å². The van der Waals surface area contributed by atoms with Gasteiger partial charge in [-0.05, 0) is 0 Å². The molecule has 4 heavy (non-hydrogen) atoms. The van der Waals surface area contributed by atoms with E-state index in [-0.39, 0.29) is 41.8 Å². The van der Waals surface area contributed by atoms with Gasteiger partial charge in [-0.25, -0.2) is 0 Å². The quantitative estimate of drug-likeness (QED) is 0.326. The van der Waals surface area contributed by atoms with Crippen LogP contribution in [0.5, 0.6) is 0 Å². The van der Waals surface area contributed by atoms with Crippen molar-refractivity contribution in [3.63, 3.8) is 0 Å².